The van der Waals surface area contributed by atoms with Crippen molar-refractivity contribution < 1.29 is 29.0 Å². The quantitative estimate of drug-likeness (QED) is 0.173. The topological polar surface area (TPSA) is 104 Å². The Morgan fingerprint density at radius 1 is 0.820 bits per heavy atom. The lowest BCUT2D eigenvalue weighted by Gasteiger charge is -2.51. The van der Waals surface area contributed by atoms with Crippen molar-refractivity contribution in [2.75, 3.05) is 16.9 Å². The third-order valence-electron chi connectivity index (χ3n) is 11.3. The van der Waals surface area contributed by atoms with E-state index in [-0.39, 0.29) is 24.0 Å². The molecule has 0 aromatic heterocycles. The molecule has 2 aliphatic carbocycles. The van der Waals surface area contributed by atoms with Crippen molar-refractivity contribution in [3.05, 3.63) is 130 Å². The predicted molar refractivity (Wildman–Crippen MR) is 189 cm³/mol. The van der Waals surface area contributed by atoms with Crippen LogP contribution >= 0.6 is 11.6 Å². The highest BCUT2D eigenvalue weighted by atomic mass is 35.5. The summed E-state index contributed by atoms with van der Waals surface area (Å²) in [7, 11) is 1.50. The summed E-state index contributed by atoms with van der Waals surface area (Å²) in [6, 6.07) is 28.3. The molecule has 0 bridgehead atoms. The molecule has 2 saturated heterocycles. The minimum Gasteiger partial charge on any atom is -0.508 e. The highest BCUT2D eigenvalue weighted by Gasteiger charge is 2.70. The number of aryl methyl sites for hydroxylation is 1. The van der Waals surface area contributed by atoms with Gasteiger partial charge in [-0.05, 0) is 72.7 Å². The number of rotatable bonds is 6. The van der Waals surface area contributed by atoms with Gasteiger partial charge >= 0.3 is 0 Å². The van der Waals surface area contributed by atoms with Crippen LogP contribution in [0.15, 0.2) is 109 Å². The summed E-state index contributed by atoms with van der Waals surface area (Å²) >= 11 is 6.40. The molecule has 0 spiro atoms. The fourth-order valence-electron chi connectivity index (χ4n) is 9.16. The van der Waals surface area contributed by atoms with Gasteiger partial charge in [0.25, 0.3) is 0 Å². The molecule has 8 nitrogen and oxygen atoms in total. The smallest absolute Gasteiger partial charge is 0.246 e. The Bertz CT molecular complexity index is 2100. The number of phenolic OH excluding ortho intramolecular Hbond substituents is 1. The fraction of sp³-hybridized carbons (Fsp3) is 0.268. The van der Waals surface area contributed by atoms with Gasteiger partial charge in [0.15, 0.2) is 0 Å². The number of phenols is 1. The van der Waals surface area contributed by atoms with Crippen molar-refractivity contribution in [3.63, 3.8) is 0 Å². The molecule has 252 valence electrons. The van der Waals surface area contributed by atoms with Crippen LogP contribution in [-0.4, -0.2) is 35.8 Å². The number of imide groups is 2. The molecule has 3 fully saturated rings. The van der Waals surface area contributed by atoms with Crippen molar-refractivity contribution in [2.24, 2.45) is 23.7 Å². The highest BCUT2D eigenvalue weighted by Crippen LogP contribution is 2.65. The Morgan fingerprint density at radius 3 is 2.28 bits per heavy atom. The number of hydrogen-bond donors (Lipinski definition) is 1. The number of anilines is 2. The first-order chi connectivity index (χ1) is 24.2. The van der Waals surface area contributed by atoms with Crippen molar-refractivity contribution in [1.29, 1.82) is 0 Å². The summed E-state index contributed by atoms with van der Waals surface area (Å²) in [5, 5.41) is 10.9. The number of halogens is 1. The molecule has 50 heavy (non-hydrogen) atoms. The summed E-state index contributed by atoms with van der Waals surface area (Å²) < 4.78 is 5.85. The summed E-state index contributed by atoms with van der Waals surface area (Å²) in [6.07, 6.45) is 3.33. The van der Waals surface area contributed by atoms with E-state index in [4.69, 9.17) is 16.3 Å². The number of hydrogen-bond acceptors (Lipinski definition) is 6. The maximum atomic E-state index is 15.4. The van der Waals surface area contributed by atoms with E-state index in [9.17, 15) is 19.5 Å². The van der Waals surface area contributed by atoms with Gasteiger partial charge in [-0.2, -0.15) is 0 Å². The van der Waals surface area contributed by atoms with E-state index in [1.54, 1.807) is 36.4 Å². The van der Waals surface area contributed by atoms with Gasteiger partial charge < -0.3 is 9.84 Å². The van der Waals surface area contributed by atoms with E-state index in [2.05, 4.69) is 0 Å². The summed E-state index contributed by atoms with van der Waals surface area (Å²) in [5.74, 6) is -4.56. The first-order valence-electron chi connectivity index (χ1n) is 16.9. The first kappa shape index (κ1) is 32.0. The van der Waals surface area contributed by atoms with E-state index in [1.165, 1.54) is 23.0 Å². The van der Waals surface area contributed by atoms with E-state index in [1.807, 2.05) is 67.6 Å². The monoisotopic (exact) mass is 686 g/mol. The van der Waals surface area contributed by atoms with Crippen molar-refractivity contribution in [3.8, 4) is 11.5 Å². The molecule has 4 amide bonds. The third kappa shape index (κ3) is 4.51. The van der Waals surface area contributed by atoms with Gasteiger partial charge in [-0.15, -0.1) is 0 Å². The second-order valence-electron chi connectivity index (χ2n) is 13.6. The zero-order valence-electron chi connectivity index (χ0n) is 27.6. The molecule has 2 aliphatic heterocycles. The molecule has 6 unspecified atom stereocenters. The minimum atomic E-state index is -1.44. The van der Waals surface area contributed by atoms with Crippen molar-refractivity contribution in [2.45, 2.75) is 37.5 Å². The van der Waals surface area contributed by atoms with E-state index in [0.717, 1.165) is 17.6 Å². The lowest BCUT2D eigenvalue weighted by molar-refractivity contribution is -0.127. The molecule has 2 heterocycles. The van der Waals surface area contributed by atoms with Crippen LogP contribution < -0.4 is 14.5 Å². The zero-order valence-corrected chi connectivity index (χ0v) is 28.3. The maximum absolute atomic E-state index is 15.4. The van der Waals surface area contributed by atoms with Gasteiger partial charge in [-0.3, -0.25) is 24.1 Å². The van der Waals surface area contributed by atoms with Crippen LogP contribution in [0.1, 0.15) is 42.4 Å². The summed E-state index contributed by atoms with van der Waals surface area (Å²) in [6.45, 7) is 2.05. The SMILES string of the molecule is CCc1ccc(N2C(=O)C3CC=C4C(CC5C(=O)N(c6cccc(Cl)c6)C(=O)C5(c5ccccc5)C4c4ccc(O)cc4OC)C3C2=O)cc1. The fourth-order valence-corrected chi connectivity index (χ4v) is 9.35. The number of carbonyl (C=O) groups is 4. The molecule has 8 rings (SSSR count). The van der Waals surface area contributed by atoms with Gasteiger partial charge in [0.1, 0.15) is 11.5 Å². The Labute approximate surface area is 294 Å². The van der Waals surface area contributed by atoms with Crippen LogP contribution in [0.3, 0.4) is 0 Å². The molecule has 4 aromatic carbocycles. The van der Waals surface area contributed by atoms with Crippen LogP contribution in [0.25, 0.3) is 0 Å². The molecular formula is C41H35ClN2O6. The summed E-state index contributed by atoms with van der Waals surface area (Å²) in [5.41, 5.74) is 2.61. The number of methoxy groups -OCH3 is 1. The number of carbonyl (C=O) groups excluding carboxylic acids is 4. The normalized spacial score (nSPS) is 27.2. The van der Waals surface area contributed by atoms with Gasteiger partial charge in [-0.1, -0.05) is 84.8 Å². The van der Waals surface area contributed by atoms with Gasteiger partial charge in [0.05, 0.1) is 41.7 Å². The van der Waals surface area contributed by atoms with Crippen molar-refractivity contribution >= 4 is 46.6 Å². The first-order valence-corrected chi connectivity index (χ1v) is 17.3. The largest absolute Gasteiger partial charge is 0.508 e. The van der Waals surface area contributed by atoms with Gasteiger partial charge in [0, 0.05) is 22.6 Å². The molecule has 4 aromatic rings. The Balaban J connectivity index is 1.35. The van der Waals surface area contributed by atoms with E-state index >= 15 is 4.79 Å². The number of fused-ring (bicyclic) bond motifs is 4. The minimum absolute atomic E-state index is 0.0170. The highest BCUT2D eigenvalue weighted by molar-refractivity contribution is 6.32. The predicted octanol–water partition coefficient (Wildman–Crippen LogP) is 6.98. The van der Waals surface area contributed by atoms with Crippen LogP contribution in [0, 0.1) is 23.7 Å². The standard InChI is InChI=1S/C41H35ClN2O6/c1-3-23-12-14-26(15-13-23)43-37(46)31-19-18-29-32(35(31)39(43)48)22-33-38(47)44(27-11-7-10-25(42)20-27)40(49)41(33,24-8-5-4-6-9-24)36(29)30-17-16-28(45)21-34(30)50-2/h4-18,20-21,31-33,35-36,45H,3,19,22H2,1-2H3. The number of amides is 4. The average molecular weight is 687 g/mol. The molecule has 9 heteroatoms. The van der Waals surface area contributed by atoms with Crippen LogP contribution in [-0.2, 0) is 31.0 Å². The van der Waals surface area contributed by atoms with Crippen LogP contribution in [0.4, 0.5) is 11.4 Å². The lowest BCUT2D eigenvalue weighted by Crippen LogP contribution is -2.53. The van der Waals surface area contributed by atoms with E-state index in [0.29, 0.717) is 39.7 Å². The molecule has 1 saturated carbocycles. The zero-order chi connectivity index (χ0) is 34.9. The number of aromatic hydroxyl groups is 1. The molecule has 4 aliphatic rings. The number of benzene rings is 4. The Kier molecular flexibility index (Phi) is 7.68. The Morgan fingerprint density at radius 2 is 1.58 bits per heavy atom. The van der Waals surface area contributed by atoms with Crippen molar-refractivity contribution in [1.82, 2.24) is 0 Å². The molecule has 6 atom stereocenters. The second-order valence-corrected chi connectivity index (χ2v) is 14.0. The summed E-state index contributed by atoms with van der Waals surface area (Å²) in [4.78, 5) is 61.4. The third-order valence-corrected chi connectivity index (χ3v) is 11.5. The lowest BCUT2D eigenvalue weighted by atomic mass is 9.49. The average Bonchev–Trinajstić information content (AvgIpc) is 3.52. The molecular weight excluding hydrogens is 652 g/mol. The number of ether oxygens (including phenoxy) is 1. The maximum Gasteiger partial charge on any atom is 0.246 e. The van der Waals surface area contributed by atoms with Gasteiger partial charge in [-0.25, -0.2) is 4.90 Å². The van der Waals surface area contributed by atoms with Crippen LogP contribution in [0.2, 0.25) is 5.02 Å². The molecule has 1 N–H and O–H groups in total. The van der Waals surface area contributed by atoms with Crippen LogP contribution in [0.5, 0.6) is 11.5 Å². The van der Waals surface area contributed by atoms with E-state index < -0.39 is 46.8 Å². The number of allylic oxidation sites excluding steroid dienone is 2. The second kappa shape index (κ2) is 12.0. The van der Waals surface area contributed by atoms with Gasteiger partial charge in [0.2, 0.25) is 23.6 Å². The molecule has 0 radical (unpaired) electrons. The number of nitrogens with zero attached hydrogens (tertiary/aromatic N) is 2. The Hall–Kier alpha value is -5.21.